The quantitative estimate of drug-likeness (QED) is 0.745. The minimum atomic E-state index is 0.300. The first-order valence-corrected chi connectivity index (χ1v) is 7.60. The number of halogens is 1. The molecule has 0 unspecified atom stereocenters. The van der Waals surface area contributed by atoms with E-state index in [0.29, 0.717) is 18.6 Å². The molecule has 2 rings (SSSR count). The predicted molar refractivity (Wildman–Crippen MR) is 80.6 cm³/mol. The molecule has 0 aliphatic carbocycles. The second-order valence-electron chi connectivity index (χ2n) is 5.10. The van der Waals surface area contributed by atoms with Gasteiger partial charge in [-0.05, 0) is 30.5 Å². The van der Waals surface area contributed by atoms with Crippen molar-refractivity contribution in [2.24, 2.45) is 0 Å². The SMILES string of the molecule is COCCOCCCC1(c2cccc(Br)c2)CNC1. The molecule has 0 radical (unpaired) electrons. The van der Waals surface area contributed by atoms with Crippen LogP contribution in [0.25, 0.3) is 0 Å². The zero-order chi connectivity index (χ0) is 13.6. The summed E-state index contributed by atoms with van der Waals surface area (Å²) in [6.45, 7) is 4.33. The third kappa shape index (κ3) is 4.02. The molecule has 3 nitrogen and oxygen atoms in total. The summed E-state index contributed by atoms with van der Waals surface area (Å²) in [5.74, 6) is 0. The fourth-order valence-corrected chi connectivity index (χ4v) is 2.93. The van der Waals surface area contributed by atoms with E-state index < -0.39 is 0 Å². The van der Waals surface area contributed by atoms with Gasteiger partial charge in [0.25, 0.3) is 0 Å². The van der Waals surface area contributed by atoms with Gasteiger partial charge < -0.3 is 14.8 Å². The number of nitrogens with one attached hydrogen (secondary N) is 1. The summed E-state index contributed by atoms with van der Waals surface area (Å²) < 4.78 is 11.7. The predicted octanol–water partition coefficient (Wildman–Crippen LogP) is 2.73. The summed E-state index contributed by atoms with van der Waals surface area (Å²) in [5.41, 5.74) is 1.73. The van der Waals surface area contributed by atoms with E-state index in [2.05, 4.69) is 45.5 Å². The molecule has 0 bridgehead atoms. The van der Waals surface area contributed by atoms with Gasteiger partial charge >= 0.3 is 0 Å². The number of rotatable bonds is 8. The maximum absolute atomic E-state index is 5.54. The fourth-order valence-electron chi connectivity index (χ4n) is 2.53. The lowest BCUT2D eigenvalue weighted by Gasteiger charge is -2.43. The lowest BCUT2D eigenvalue weighted by atomic mass is 9.72. The first-order chi connectivity index (χ1) is 9.27. The van der Waals surface area contributed by atoms with E-state index >= 15 is 0 Å². The number of benzene rings is 1. The Bertz CT molecular complexity index is 393. The minimum Gasteiger partial charge on any atom is -0.382 e. The van der Waals surface area contributed by atoms with Crippen LogP contribution in [0.2, 0.25) is 0 Å². The summed E-state index contributed by atoms with van der Waals surface area (Å²) >= 11 is 3.56. The molecular formula is C15H22BrNO2. The highest BCUT2D eigenvalue weighted by molar-refractivity contribution is 9.10. The van der Waals surface area contributed by atoms with Gasteiger partial charge in [-0.15, -0.1) is 0 Å². The van der Waals surface area contributed by atoms with Crippen molar-refractivity contribution in [3.8, 4) is 0 Å². The van der Waals surface area contributed by atoms with Crippen molar-refractivity contribution >= 4 is 15.9 Å². The highest BCUT2D eigenvalue weighted by atomic mass is 79.9. The van der Waals surface area contributed by atoms with Crippen LogP contribution in [0.4, 0.5) is 0 Å². The van der Waals surface area contributed by atoms with Crippen LogP contribution in [0.5, 0.6) is 0 Å². The average molecular weight is 328 g/mol. The van der Waals surface area contributed by atoms with E-state index in [0.717, 1.165) is 30.6 Å². The Morgan fingerprint density at radius 3 is 2.74 bits per heavy atom. The first kappa shape index (κ1) is 15.0. The zero-order valence-corrected chi connectivity index (χ0v) is 13.0. The fraction of sp³-hybridized carbons (Fsp3) is 0.600. The molecular weight excluding hydrogens is 306 g/mol. The molecule has 1 aromatic rings. The van der Waals surface area contributed by atoms with Crippen LogP contribution < -0.4 is 5.32 Å². The minimum absolute atomic E-state index is 0.300. The van der Waals surface area contributed by atoms with Crippen LogP contribution in [0.15, 0.2) is 28.7 Å². The molecule has 0 atom stereocenters. The number of hydrogen-bond acceptors (Lipinski definition) is 3. The molecule has 1 aromatic carbocycles. The number of hydrogen-bond donors (Lipinski definition) is 1. The van der Waals surface area contributed by atoms with Crippen molar-refractivity contribution in [1.82, 2.24) is 5.32 Å². The lowest BCUT2D eigenvalue weighted by Crippen LogP contribution is -2.56. The van der Waals surface area contributed by atoms with Gasteiger partial charge in [-0.1, -0.05) is 28.1 Å². The Hall–Kier alpha value is -0.420. The van der Waals surface area contributed by atoms with Crippen molar-refractivity contribution in [1.29, 1.82) is 0 Å². The second kappa shape index (κ2) is 7.39. The van der Waals surface area contributed by atoms with E-state index in [9.17, 15) is 0 Å². The maximum Gasteiger partial charge on any atom is 0.0700 e. The third-order valence-electron chi connectivity index (χ3n) is 3.74. The molecule has 1 heterocycles. The highest BCUT2D eigenvalue weighted by Crippen LogP contribution is 2.34. The van der Waals surface area contributed by atoms with E-state index in [1.54, 1.807) is 7.11 Å². The lowest BCUT2D eigenvalue weighted by molar-refractivity contribution is 0.0644. The van der Waals surface area contributed by atoms with Crippen LogP contribution in [-0.4, -0.2) is 40.0 Å². The summed E-state index contributed by atoms with van der Waals surface area (Å²) in [7, 11) is 1.70. The molecule has 19 heavy (non-hydrogen) atoms. The standard InChI is InChI=1S/C15H22BrNO2/c1-18-8-9-19-7-3-6-15(11-17-12-15)13-4-2-5-14(16)10-13/h2,4-5,10,17H,3,6-9,11-12H2,1H3. The van der Waals surface area contributed by atoms with E-state index in [4.69, 9.17) is 9.47 Å². The Morgan fingerprint density at radius 1 is 1.26 bits per heavy atom. The van der Waals surface area contributed by atoms with Gasteiger partial charge in [-0.3, -0.25) is 0 Å². The van der Waals surface area contributed by atoms with Crippen molar-refractivity contribution in [3.63, 3.8) is 0 Å². The average Bonchev–Trinajstić information content (AvgIpc) is 2.36. The first-order valence-electron chi connectivity index (χ1n) is 6.80. The zero-order valence-electron chi connectivity index (χ0n) is 11.5. The van der Waals surface area contributed by atoms with Crippen molar-refractivity contribution < 1.29 is 9.47 Å². The Labute approximate surface area is 123 Å². The Morgan fingerprint density at radius 2 is 2.11 bits per heavy atom. The van der Waals surface area contributed by atoms with Gasteiger partial charge in [0, 0.05) is 36.7 Å². The second-order valence-corrected chi connectivity index (χ2v) is 6.02. The van der Waals surface area contributed by atoms with Crippen LogP contribution in [0.1, 0.15) is 18.4 Å². The summed E-state index contributed by atoms with van der Waals surface area (Å²) in [4.78, 5) is 0. The largest absolute Gasteiger partial charge is 0.382 e. The molecule has 1 saturated heterocycles. The van der Waals surface area contributed by atoms with Crippen molar-refractivity contribution in [2.75, 3.05) is 40.0 Å². The molecule has 1 aliphatic heterocycles. The van der Waals surface area contributed by atoms with Gasteiger partial charge in [-0.25, -0.2) is 0 Å². The monoisotopic (exact) mass is 327 g/mol. The molecule has 0 aromatic heterocycles. The molecule has 0 saturated carbocycles. The van der Waals surface area contributed by atoms with Gasteiger partial charge in [0.1, 0.15) is 0 Å². The highest BCUT2D eigenvalue weighted by Gasteiger charge is 2.37. The summed E-state index contributed by atoms with van der Waals surface area (Å²) in [5, 5.41) is 3.41. The molecule has 0 spiro atoms. The smallest absolute Gasteiger partial charge is 0.0700 e. The Kier molecular flexibility index (Phi) is 5.82. The van der Waals surface area contributed by atoms with E-state index in [-0.39, 0.29) is 0 Å². The molecule has 4 heteroatoms. The van der Waals surface area contributed by atoms with Gasteiger partial charge in [-0.2, -0.15) is 0 Å². The van der Waals surface area contributed by atoms with Crippen molar-refractivity contribution in [3.05, 3.63) is 34.3 Å². The number of ether oxygens (including phenoxy) is 2. The summed E-state index contributed by atoms with van der Waals surface area (Å²) in [6.07, 6.45) is 2.27. The normalized spacial score (nSPS) is 17.2. The van der Waals surface area contributed by atoms with Crippen molar-refractivity contribution in [2.45, 2.75) is 18.3 Å². The molecule has 106 valence electrons. The van der Waals surface area contributed by atoms with Crippen LogP contribution in [0, 0.1) is 0 Å². The van der Waals surface area contributed by atoms with Crippen LogP contribution >= 0.6 is 15.9 Å². The topological polar surface area (TPSA) is 30.5 Å². The molecule has 0 amide bonds. The summed E-state index contributed by atoms with van der Waals surface area (Å²) in [6, 6.07) is 8.68. The van der Waals surface area contributed by atoms with Gasteiger partial charge in [0.2, 0.25) is 0 Å². The molecule has 1 aliphatic rings. The van der Waals surface area contributed by atoms with E-state index in [1.165, 1.54) is 12.0 Å². The van der Waals surface area contributed by atoms with Gasteiger partial charge in [0.05, 0.1) is 13.2 Å². The molecule has 1 N–H and O–H groups in total. The van der Waals surface area contributed by atoms with E-state index in [1.807, 2.05) is 0 Å². The third-order valence-corrected chi connectivity index (χ3v) is 4.23. The molecule has 1 fully saturated rings. The van der Waals surface area contributed by atoms with Crippen LogP contribution in [-0.2, 0) is 14.9 Å². The van der Waals surface area contributed by atoms with Crippen LogP contribution in [0.3, 0.4) is 0 Å². The number of methoxy groups -OCH3 is 1. The maximum atomic E-state index is 5.54. The Balaban J connectivity index is 1.82. The van der Waals surface area contributed by atoms with Gasteiger partial charge in [0.15, 0.2) is 0 Å².